The van der Waals surface area contributed by atoms with E-state index in [1.165, 1.54) is 5.56 Å². The van der Waals surface area contributed by atoms with Crippen LogP contribution in [0.3, 0.4) is 0 Å². The van der Waals surface area contributed by atoms with Crippen LogP contribution in [-0.4, -0.2) is 22.5 Å². The van der Waals surface area contributed by atoms with Gasteiger partial charge in [-0.2, -0.15) is 0 Å². The molecular weight excluding hydrogens is 320 g/mol. The lowest BCUT2D eigenvalue weighted by Gasteiger charge is -2.23. The van der Waals surface area contributed by atoms with Gasteiger partial charge in [-0.3, -0.25) is 0 Å². The van der Waals surface area contributed by atoms with E-state index in [9.17, 15) is 0 Å². The van der Waals surface area contributed by atoms with Crippen molar-refractivity contribution in [2.75, 3.05) is 13.2 Å². The Morgan fingerprint density at radius 3 is 2.21 bits per heavy atom. The normalized spacial score (nSPS) is 12.9. The maximum absolute atomic E-state index is 6.00. The summed E-state index contributed by atoms with van der Waals surface area (Å²) in [5.41, 5.74) is 1.71. The van der Waals surface area contributed by atoms with Gasteiger partial charge in [-0.05, 0) is 37.0 Å². The van der Waals surface area contributed by atoms with E-state index in [2.05, 4.69) is 61.0 Å². The lowest BCUT2D eigenvalue weighted by Crippen LogP contribution is -2.32. The van der Waals surface area contributed by atoms with E-state index in [4.69, 9.17) is 8.85 Å². The van der Waals surface area contributed by atoms with Gasteiger partial charge >= 0.3 is 9.28 Å². The van der Waals surface area contributed by atoms with Crippen molar-refractivity contribution in [3.63, 3.8) is 0 Å². The molecular formula is C15H24BrO2Si. The van der Waals surface area contributed by atoms with Crippen LogP contribution in [0.2, 0.25) is 0 Å². The van der Waals surface area contributed by atoms with Gasteiger partial charge in [-0.1, -0.05) is 48.8 Å². The molecule has 0 N–H and O–H groups in total. The fourth-order valence-electron chi connectivity index (χ4n) is 1.91. The minimum absolute atomic E-state index is 0.389. The molecule has 1 atom stereocenters. The molecule has 1 rings (SSSR count). The quantitative estimate of drug-likeness (QED) is 0.598. The first-order valence-corrected chi connectivity index (χ1v) is 9.29. The Labute approximate surface area is 127 Å². The maximum Gasteiger partial charge on any atom is 0.392 e. The summed E-state index contributed by atoms with van der Waals surface area (Å²) in [4.78, 5) is 0. The van der Waals surface area contributed by atoms with Crippen molar-refractivity contribution in [3.8, 4) is 0 Å². The van der Waals surface area contributed by atoms with Gasteiger partial charge in [0.15, 0.2) is 0 Å². The molecule has 0 saturated carbocycles. The fourth-order valence-corrected chi connectivity index (χ4v) is 4.41. The fraction of sp³-hybridized carbons (Fsp3) is 0.600. The highest BCUT2D eigenvalue weighted by Gasteiger charge is 2.28. The summed E-state index contributed by atoms with van der Waals surface area (Å²) in [7, 11) is -1.25. The van der Waals surface area contributed by atoms with Gasteiger partial charge in [-0.15, -0.1) is 0 Å². The molecule has 0 aromatic heterocycles. The van der Waals surface area contributed by atoms with Gasteiger partial charge in [0.05, 0.1) is 0 Å². The molecule has 0 spiro atoms. The number of benzene rings is 1. The number of hydrogen-bond acceptors (Lipinski definition) is 2. The van der Waals surface area contributed by atoms with Crippen molar-refractivity contribution >= 4 is 25.2 Å². The molecule has 1 aromatic rings. The van der Waals surface area contributed by atoms with Crippen LogP contribution < -0.4 is 0 Å². The van der Waals surface area contributed by atoms with Crippen LogP contribution in [-0.2, 0) is 8.85 Å². The minimum Gasteiger partial charge on any atom is -0.393 e. The number of hydrogen-bond donors (Lipinski definition) is 0. The summed E-state index contributed by atoms with van der Waals surface area (Å²) in [6.07, 6.45) is 3.13. The monoisotopic (exact) mass is 343 g/mol. The van der Waals surface area contributed by atoms with Crippen molar-refractivity contribution in [1.29, 1.82) is 0 Å². The molecule has 0 aliphatic rings. The standard InChI is InChI=1S/C15H24BrO2Si/c1-4-10-17-19(18-11-5-2)15(6-3)13-8-7-9-14(16)12-13/h7-9,12,15H,4-6,10-11H2,1-3H3. The van der Waals surface area contributed by atoms with Gasteiger partial charge in [-0.25, -0.2) is 0 Å². The van der Waals surface area contributed by atoms with Crippen molar-refractivity contribution < 1.29 is 8.85 Å². The first-order valence-electron chi connectivity index (χ1n) is 7.10. The second kappa shape index (κ2) is 9.70. The SMILES string of the molecule is CCCO[Si](OCCC)C(CC)c1cccc(Br)c1. The highest BCUT2D eigenvalue weighted by atomic mass is 79.9. The summed E-state index contributed by atoms with van der Waals surface area (Å²) >= 11 is 3.54. The molecule has 1 radical (unpaired) electrons. The van der Waals surface area contributed by atoms with Crippen LogP contribution in [0.5, 0.6) is 0 Å². The van der Waals surface area contributed by atoms with Crippen LogP contribution in [0.1, 0.15) is 51.1 Å². The highest BCUT2D eigenvalue weighted by molar-refractivity contribution is 9.10. The van der Waals surface area contributed by atoms with E-state index in [0.29, 0.717) is 5.54 Å². The molecule has 0 heterocycles. The summed E-state index contributed by atoms with van der Waals surface area (Å²) in [6.45, 7) is 8.07. The molecule has 0 fully saturated rings. The van der Waals surface area contributed by atoms with Crippen molar-refractivity contribution in [1.82, 2.24) is 0 Å². The molecule has 0 saturated heterocycles. The van der Waals surface area contributed by atoms with E-state index in [1.54, 1.807) is 0 Å². The van der Waals surface area contributed by atoms with Crippen LogP contribution in [0.25, 0.3) is 0 Å². The van der Waals surface area contributed by atoms with Crippen molar-refractivity contribution in [3.05, 3.63) is 34.3 Å². The summed E-state index contributed by atoms with van der Waals surface area (Å²) in [5.74, 6) is 0. The molecule has 0 bridgehead atoms. The van der Waals surface area contributed by atoms with Crippen molar-refractivity contribution in [2.45, 2.75) is 45.6 Å². The lowest BCUT2D eigenvalue weighted by atomic mass is 10.1. The Morgan fingerprint density at radius 1 is 1.11 bits per heavy atom. The molecule has 1 unspecified atom stereocenters. The molecule has 2 nitrogen and oxygen atoms in total. The minimum atomic E-state index is -1.25. The van der Waals surface area contributed by atoms with Crippen LogP contribution in [0, 0.1) is 0 Å². The van der Waals surface area contributed by atoms with Crippen LogP contribution >= 0.6 is 15.9 Å². The maximum atomic E-state index is 6.00. The Hall–Kier alpha value is -0.163. The molecule has 107 valence electrons. The van der Waals surface area contributed by atoms with Gasteiger partial charge in [0.25, 0.3) is 0 Å². The van der Waals surface area contributed by atoms with Crippen molar-refractivity contribution in [2.24, 2.45) is 0 Å². The Bertz CT molecular complexity index is 352. The van der Waals surface area contributed by atoms with Gasteiger partial charge in [0.1, 0.15) is 0 Å². The van der Waals surface area contributed by atoms with E-state index in [1.807, 2.05) is 0 Å². The van der Waals surface area contributed by atoms with Crippen LogP contribution in [0.4, 0.5) is 0 Å². The van der Waals surface area contributed by atoms with Gasteiger partial charge < -0.3 is 8.85 Å². The predicted molar refractivity (Wildman–Crippen MR) is 85.4 cm³/mol. The Balaban J connectivity index is 2.81. The summed E-state index contributed by atoms with van der Waals surface area (Å²) in [5, 5.41) is 0. The first-order chi connectivity index (χ1) is 9.22. The third kappa shape index (κ3) is 5.77. The van der Waals surface area contributed by atoms with E-state index in [0.717, 1.165) is 36.9 Å². The second-order valence-electron chi connectivity index (χ2n) is 4.53. The third-order valence-corrected chi connectivity index (χ3v) is 5.62. The van der Waals surface area contributed by atoms with Gasteiger partial charge in [0.2, 0.25) is 0 Å². The van der Waals surface area contributed by atoms with E-state index >= 15 is 0 Å². The van der Waals surface area contributed by atoms with E-state index in [-0.39, 0.29) is 0 Å². The molecule has 1 aromatic carbocycles. The molecule has 0 aliphatic heterocycles. The van der Waals surface area contributed by atoms with E-state index < -0.39 is 9.28 Å². The summed E-state index contributed by atoms with van der Waals surface area (Å²) in [6, 6.07) is 8.50. The number of halogens is 1. The number of rotatable bonds is 9. The lowest BCUT2D eigenvalue weighted by molar-refractivity contribution is 0.187. The largest absolute Gasteiger partial charge is 0.393 e. The predicted octanol–water partition coefficient (Wildman–Crippen LogP) is 4.82. The Morgan fingerprint density at radius 2 is 1.74 bits per heavy atom. The zero-order valence-corrected chi connectivity index (χ0v) is 14.7. The average Bonchev–Trinajstić information content (AvgIpc) is 2.42. The smallest absolute Gasteiger partial charge is 0.392 e. The van der Waals surface area contributed by atoms with Gasteiger partial charge in [0, 0.05) is 23.2 Å². The second-order valence-corrected chi connectivity index (χ2v) is 7.36. The first kappa shape index (κ1) is 16.9. The Kier molecular flexibility index (Phi) is 8.62. The average molecular weight is 344 g/mol. The molecule has 0 amide bonds. The molecule has 0 aliphatic carbocycles. The third-order valence-electron chi connectivity index (χ3n) is 2.84. The van der Waals surface area contributed by atoms with Crippen LogP contribution in [0.15, 0.2) is 28.7 Å². The highest BCUT2D eigenvalue weighted by Crippen LogP contribution is 2.26. The zero-order chi connectivity index (χ0) is 14.1. The topological polar surface area (TPSA) is 18.5 Å². The molecule has 4 heteroatoms. The zero-order valence-electron chi connectivity index (χ0n) is 12.1. The molecule has 19 heavy (non-hydrogen) atoms. The summed E-state index contributed by atoms with van der Waals surface area (Å²) < 4.78 is 13.1.